The van der Waals surface area contributed by atoms with Crippen LogP contribution >= 0.6 is 0 Å². The van der Waals surface area contributed by atoms with Gasteiger partial charge in [0.1, 0.15) is 0 Å². The summed E-state index contributed by atoms with van der Waals surface area (Å²) in [5, 5.41) is 7.44. The van der Waals surface area contributed by atoms with Gasteiger partial charge in [-0.1, -0.05) is 81.8 Å². The van der Waals surface area contributed by atoms with E-state index in [1.165, 1.54) is 51.4 Å². The first-order valence-electron chi connectivity index (χ1n) is 11.8. The van der Waals surface area contributed by atoms with Crippen LogP contribution in [0.2, 0.25) is 0 Å². The fourth-order valence-electron chi connectivity index (χ4n) is 3.66. The van der Waals surface area contributed by atoms with E-state index in [0.717, 1.165) is 17.6 Å². The van der Waals surface area contributed by atoms with Crippen LogP contribution in [0.25, 0.3) is 5.41 Å². The van der Waals surface area contributed by atoms with Crippen molar-refractivity contribution < 1.29 is 56.3 Å². The number of benzene rings is 2. The Morgan fingerprint density at radius 2 is 0.949 bits per heavy atom. The first-order valence-corrected chi connectivity index (χ1v) is 16.6. The van der Waals surface area contributed by atoms with Gasteiger partial charge in [-0.2, -0.15) is 0 Å². The third kappa shape index (κ3) is 28.4. The van der Waals surface area contributed by atoms with Gasteiger partial charge >= 0.3 is 54.8 Å². The van der Waals surface area contributed by atoms with Crippen molar-refractivity contribution in [2.45, 2.75) is 58.3 Å². The zero-order valence-electron chi connectivity index (χ0n) is 22.0. The average Bonchev–Trinajstić information content (AvgIpc) is 3.52. The van der Waals surface area contributed by atoms with Crippen molar-refractivity contribution in [1.82, 2.24) is 0 Å². The van der Waals surface area contributed by atoms with Crippen LogP contribution in [0.3, 0.4) is 0 Å². The molecule has 2 atom stereocenters. The molecule has 0 spiro atoms. The van der Waals surface area contributed by atoms with Crippen LogP contribution in [0.5, 0.6) is 0 Å². The summed E-state index contributed by atoms with van der Waals surface area (Å²) < 4.78 is 49.6. The van der Waals surface area contributed by atoms with Crippen LogP contribution in [-0.2, 0) is 37.5 Å². The second kappa shape index (κ2) is 24.8. The smallest absolute Gasteiger partial charge is 0 e. The average molecular weight is 802 g/mol. The molecule has 2 aliphatic carbocycles. The number of nitrogens with zero attached hydrogens (tertiary/aromatic N) is 3. The maximum absolute atomic E-state index is 9.91. The fourth-order valence-corrected chi connectivity index (χ4v) is 3.66. The number of hydrogen-bond donors (Lipinski definition) is 0. The van der Waals surface area contributed by atoms with Gasteiger partial charge in [0.2, 0.25) is 0 Å². The standard InChI is InChI=1S/C19H20N2.C5H10.C2H4N.CH3.6FH.Fe.Pd.Sb/c1-3-10-18(11-4-1)20-14-16-8-7-9-17(16)15-21-19-12-5-2-6-13-19;1-2-4-5-3-1;1-2-3;;;;;;;;;;/h1-6,10-17H,7-9H2;1-5H2;2H,1H3;1H3;6*1H;;;/q;;2*-1;;;;;;;;+2;+5/p-6. The molecule has 39 heavy (non-hydrogen) atoms. The van der Waals surface area contributed by atoms with Crippen LogP contribution < -0.4 is 4.70 Å². The molecule has 2 fully saturated rings. The van der Waals surface area contributed by atoms with Gasteiger partial charge in [-0.15, -0.1) is 0 Å². The van der Waals surface area contributed by atoms with Gasteiger partial charge in [-0.25, -0.2) is 6.21 Å². The zero-order valence-corrected chi connectivity index (χ0v) is 27.3. The quantitative estimate of drug-likeness (QED) is 0.139. The van der Waals surface area contributed by atoms with E-state index in [0.29, 0.717) is 11.8 Å². The van der Waals surface area contributed by atoms with Crippen LogP contribution in [0.15, 0.2) is 70.6 Å². The van der Waals surface area contributed by atoms with Crippen LogP contribution in [0.4, 0.5) is 25.4 Å². The molecular formula is C27H37F6FeN3PdSb-. The topological polar surface area (TPSA) is 47.0 Å². The maximum atomic E-state index is 9.91. The number of halogens is 6. The molecule has 12 heteroatoms. The van der Waals surface area contributed by atoms with Gasteiger partial charge in [-0.3, -0.25) is 9.98 Å². The number of aliphatic imine (C=N–C) groups is 2. The predicted octanol–water partition coefficient (Wildman–Crippen LogP) is 6.97. The van der Waals surface area contributed by atoms with E-state index in [1.54, 1.807) is 6.92 Å². The summed E-state index contributed by atoms with van der Waals surface area (Å²) in [7, 11) is 0. The van der Waals surface area contributed by atoms with Crippen molar-refractivity contribution in [3.05, 3.63) is 73.5 Å². The molecule has 2 aliphatic rings. The van der Waals surface area contributed by atoms with Gasteiger partial charge in [0.25, 0.3) is 0 Å². The van der Waals surface area contributed by atoms with E-state index >= 15 is 0 Å². The molecule has 0 aromatic heterocycles. The SMILES string of the molecule is C(=Nc1ccccc1)C1CCCC1C=Nc1ccccc1.C1CCCC1.CC=[N-].[CH3-].[F-].[F][Sb]([F])([F])([F])[F].[Fe].[Pd+2]. The largest absolute Gasteiger partial charge is 2.00 e. The summed E-state index contributed by atoms with van der Waals surface area (Å²) in [6.07, 6.45) is 16.4. The molecule has 0 radical (unpaired) electrons. The first kappa shape index (κ1) is 45.0. The van der Waals surface area contributed by atoms with Crippen molar-refractivity contribution in [2.75, 3.05) is 0 Å². The van der Waals surface area contributed by atoms with E-state index in [4.69, 9.17) is 5.41 Å². The van der Waals surface area contributed by atoms with Crippen molar-refractivity contribution in [3.63, 3.8) is 0 Å². The Balaban J connectivity index is -0.000000286. The monoisotopic (exact) mass is 800 g/mol. The zero-order chi connectivity index (χ0) is 26.0. The molecule has 0 amide bonds. The maximum Gasteiger partial charge on any atom is 2.00 e. The van der Waals surface area contributed by atoms with E-state index in [2.05, 4.69) is 22.4 Å². The van der Waals surface area contributed by atoms with Gasteiger partial charge in [0, 0.05) is 41.3 Å². The third-order valence-electron chi connectivity index (χ3n) is 5.22. The molecule has 2 unspecified atom stereocenters. The third-order valence-corrected chi connectivity index (χ3v) is 5.22. The van der Waals surface area contributed by atoms with E-state index in [1.807, 2.05) is 60.7 Å². The predicted molar refractivity (Wildman–Crippen MR) is 146 cm³/mol. The molecule has 2 saturated carbocycles. The van der Waals surface area contributed by atoms with Crippen molar-refractivity contribution in [1.29, 1.82) is 0 Å². The Labute approximate surface area is 258 Å². The van der Waals surface area contributed by atoms with Gasteiger partial charge < -0.3 is 17.5 Å². The Morgan fingerprint density at radius 1 is 0.692 bits per heavy atom. The molecule has 226 valence electrons. The molecule has 4 rings (SSSR count). The Hall–Kier alpha value is -0.970. The second-order valence-corrected chi connectivity index (χ2v) is 11.8. The first-order chi connectivity index (χ1) is 16.6. The van der Waals surface area contributed by atoms with Gasteiger partial charge in [-0.05, 0) is 37.1 Å². The summed E-state index contributed by atoms with van der Waals surface area (Å²) in [5.41, 5.74) is 2.06. The van der Waals surface area contributed by atoms with Crippen LogP contribution in [0, 0.1) is 19.3 Å². The Morgan fingerprint density at radius 3 is 1.21 bits per heavy atom. The number of para-hydroxylation sites is 2. The van der Waals surface area contributed by atoms with E-state index < -0.39 is 20.3 Å². The number of hydrogen-bond acceptors (Lipinski definition) is 2. The van der Waals surface area contributed by atoms with Crippen molar-refractivity contribution in [2.24, 2.45) is 21.8 Å². The molecule has 0 heterocycles. The number of rotatable bonds is 4. The minimum absolute atomic E-state index is 0. The summed E-state index contributed by atoms with van der Waals surface area (Å²) >= 11 is -9.19. The van der Waals surface area contributed by atoms with E-state index in [9.17, 15) is 14.1 Å². The molecule has 0 bridgehead atoms. The van der Waals surface area contributed by atoms with Gasteiger partial charge in [0.15, 0.2) is 0 Å². The molecule has 0 saturated heterocycles. The van der Waals surface area contributed by atoms with Crippen molar-refractivity contribution >= 4 is 50.3 Å². The summed E-state index contributed by atoms with van der Waals surface area (Å²) in [6.45, 7) is 1.56. The summed E-state index contributed by atoms with van der Waals surface area (Å²) in [5.74, 6) is 1.02. The molecule has 0 aliphatic heterocycles. The van der Waals surface area contributed by atoms with Crippen LogP contribution in [0.1, 0.15) is 58.3 Å². The summed E-state index contributed by atoms with van der Waals surface area (Å²) in [4.78, 5) is 9.21. The van der Waals surface area contributed by atoms with E-state index in [-0.39, 0.29) is 49.6 Å². The van der Waals surface area contributed by atoms with Crippen molar-refractivity contribution in [3.8, 4) is 0 Å². The Kier molecular flexibility index (Phi) is 28.6. The Bertz CT molecular complexity index is 817. The minimum atomic E-state index is -9.19. The minimum Gasteiger partial charge on any atom is 0 e. The summed E-state index contributed by atoms with van der Waals surface area (Å²) in [6, 6.07) is 20.3. The molecule has 2 aromatic rings. The normalized spacial score (nSPS) is 18.4. The van der Waals surface area contributed by atoms with Crippen LogP contribution in [-0.4, -0.2) is 38.9 Å². The fraction of sp³-hybridized carbons (Fsp3) is 0.407. The molecule has 0 N–H and O–H groups in total. The second-order valence-electron chi connectivity index (χ2n) is 8.15. The van der Waals surface area contributed by atoms with Gasteiger partial charge in [0.05, 0.1) is 11.4 Å². The molecular weight excluding hydrogens is 764 g/mol. The molecule has 3 nitrogen and oxygen atoms in total. The molecule has 2 aromatic carbocycles.